The van der Waals surface area contributed by atoms with Crippen LogP contribution in [-0.4, -0.2) is 12.6 Å². The lowest BCUT2D eigenvalue weighted by Gasteiger charge is -2.26. The second-order valence-corrected chi connectivity index (χ2v) is 5.41. The number of nitrogens with zero attached hydrogens (tertiary/aromatic N) is 1. The zero-order valence-corrected chi connectivity index (χ0v) is 10.1. The Balaban J connectivity index is 1.88. The third-order valence-electron chi connectivity index (χ3n) is 3.48. The molecule has 3 rings (SSSR count). The summed E-state index contributed by atoms with van der Waals surface area (Å²) in [5.74, 6) is 0.888. The SMILES string of the molecule is Nc1c(Cl)cccc1N(CC1CC1)C1CC1. The van der Waals surface area contributed by atoms with Gasteiger partial charge in [0, 0.05) is 12.6 Å². The van der Waals surface area contributed by atoms with Crippen LogP contribution in [0.4, 0.5) is 11.4 Å². The highest BCUT2D eigenvalue weighted by atomic mass is 35.5. The van der Waals surface area contributed by atoms with Crippen LogP contribution in [0.15, 0.2) is 18.2 Å². The largest absolute Gasteiger partial charge is 0.396 e. The van der Waals surface area contributed by atoms with Crippen molar-refractivity contribution in [1.29, 1.82) is 0 Å². The molecule has 2 fully saturated rings. The number of hydrogen-bond acceptors (Lipinski definition) is 2. The van der Waals surface area contributed by atoms with E-state index in [1.165, 1.54) is 25.7 Å². The van der Waals surface area contributed by atoms with Crippen molar-refractivity contribution in [1.82, 2.24) is 0 Å². The smallest absolute Gasteiger partial charge is 0.0741 e. The van der Waals surface area contributed by atoms with E-state index in [4.69, 9.17) is 17.3 Å². The van der Waals surface area contributed by atoms with Crippen molar-refractivity contribution in [3.8, 4) is 0 Å². The number of halogens is 1. The van der Waals surface area contributed by atoms with E-state index in [9.17, 15) is 0 Å². The van der Waals surface area contributed by atoms with Crippen LogP contribution in [0.1, 0.15) is 25.7 Å². The standard InChI is InChI=1S/C13H17ClN2/c14-11-2-1-3-12(13(11)15)16(10-6-7-10)8-9-4-5-9/h1-3,9-10H,4-8,15H2. The third-order valence-corrected chi connectivity index (χ3v) is 3.81. The second-order valence-electron chi connectivity index (χ2n) is 5.00. The van der Waals surface area contributed by atoms with E-state index in [0.717, 1.165) is 23.8 Å². The summed E-state index contributed by atoms with van der Waals surface area (Å²) in [5.41, 5.74) is 7.96. The molecule has 0 aliphatic heterocycles. The molecule has 2 nitrogen and oxygen atoms in total. The van der Waals surface area contributed by atoms with Crippen molar-refractivity contribution in [2.45, 2.75) is 31.7 Å². The van der Waals surface area contributed by atoms with Gasteiger partial charge in [-0.1, -0.05) is 17.7 Å². The van der Waals surface area contributed by atoms with Crippen LogP contribution in [0.2, 0.25) is 5.02 Å². The minimum absolute atomic E-state index is 0.680. The van der Waals surface area contributed by atoms with Crippen LogP contribution in [0.25, 0.3) is 0 Å². The summed E-state index contributed by atoms with van der Waals surface area (Å²) >= 11 is 6.08. The molecular formula is C13H17ClN2. The van der Waals surface area contributed by atoms with E-state index in [0.29, 0.717) is 11.1 Å². The Labute approximate surface area is 101 Å². The Bertz CT molecular complexity index is 397. The first-order valence-corrected chi connectivity index (χ1v) is 6.44. The summed E-state index contributed by atoms with van der Waals surface area (Å²) < 4.78 is 0. The molecule has 0 saturated heterocycles. The zero-order chi connectivity index (χ0) is 11.1. The van der Waals surface area contributed by atoms with Gasteiger partial charge in [0.15, 0.2) is 0 Å². The Kier molecular flexibility index (Phi) is 2.47. The highest BCUT2D eigenvalue weighted by Gasteiger charge is 2.34. The van der Waals surface area contributed by atoms with Gasteiger partial charge < -0.3 is 10.6 Å². The lowest BCUT2D eigenvalue weighted by Crippen LogP contribution is -2.28. The molecule has 0 heterocycles. The van der Waals surface area contributed by atoms with E-state index in [1.807, 2.05) is 12.1 Å². The number of para-hydroxylation sites is 1. The zero-order valence-electron chi connectivity index (χ0n) is 9.32. The molecule has 0 unspecified atom stereocenters. The molecule has 16 heavy (non-hydrogen) atoms. The molecule has 2 aliphatic carbocycles. The lowest BCUT2D eigenvalue weighted by molar-refractivity contribution is 0.720. The van der Waals surface area contributed by atoms with Crippen LogP contribution in [0.5, 0.6) is 0 Å². The third kappa shape index (κ3) is 1.99. The van der Waals surface area contributed by atoms with Crippen molar-refractivity contribution in [3.05, 3.63) is 23.2 Å². The lowest BCUT2D eigenvalue weighted by atomic mass is 10.2. The van der Waals surface area contributed by atoms with Crippen molar-refractivity contribution >= 4 is 23.0 Å². The number of hydrogen-bond donors (Lipinski definition) is 1. The van der Waals surface area contributed by atoms with E-state index >= 15 is 0 Å². The van der Waals surface area contributed by atoms with Crippen LogP contribution < -0.4 is 10.6 Å². The summed E-state index contributed by atoms with van der Waals surface area (Å²) in [6, 6.07) is 6.67. The number of nitrogens with two attached hydrogens (primary N) is 1. The van der Waals surface area contributed by atoms with Crippen LogP contribution in [0.3, 0.4) is 0 Å². The highest BCUT2D eigenvalue weighted by Crippen LogP contribution is 2.41. The average Bonchev–Trinajstić information content (AvgIpc) is 3.14. The van der Waals surface area contributed by atoms with Crippen molar-refractivity contribution in [2.24, 2.45) is 5.92 Å². The number of rotatable bonds is 4. The Morgan fingerprint density at radius 2 is 2.00 bits per heavy atom. The van der Waals surface area contributed by atoms with Gasteiger partial charge in [-0.05, 0) is 43.7 Å². The molecule has 0 bridgehead atoms. The van der Waals surface area contributed by atoms with Gasteiger partial charge in [-0.2, -0.15) is 0 Å². The molecule has 1 aromatic carbocycles. The second kappa shape index (κ2) is 3.85. The van der Waals surface area contributed by atoms with Crippen molar-refractivity contribution < 1.29 is 0 Å². The molecule has 1 aromatic rings. The molecule has 0 atom stereocenters. The quantitative estimate of drug-likeness (QED) is 0.813. The molecule has 2 N–H and O–H groups in total. The van der Waals surface area contributed by atoms with Gasteiger partial charge >= 0.3 is 0 Å². The number of nitrogen functional groups attached to an aromatic ring is 1. The minimum Gasteiger partial charge on any atom is -0.396 e. The average molecular weight is 237 g/mol. The van der Waals surface area contributed by atoms with Gasteiger partial charge in [-0.25, -0.2) is 0 Å². The molecular weight excluding hydrogens is 220 g/mol. The van der Waals surface area contributed by atoms with Crippen molar-refractivity contribution in [2.75, 3.05) is 17.2 Å². The van der Waals surface area contributed by atoms with Gasteiger partial charge in [-0.3, -0.25) is 0 Å². The van der Waals surface area contributed by atoms with E-state index in [1.54, 1.807) is 0 Å². The van der Waals surface area contributed by atoms with Crippen LogP contribution in [-0.2, 0) is 0 Å². The fourth-order valence-electron chi connectivity index (χ4n) is 2.19. The topological polar surface area (TPSA) is 29.3 Å². The maximum atomic E-state index is 6.08. The first kappa shape index (κ1) is 10.3. The fourth-order valence-corrected chi connectivity index (χ4v) is 2.35. The van der Waals surface area contributed by atoms with Gasteiger partial charge in [-0.15, -0.1) is 0 Å². The summed E-state index contributed by atoms with van der Waals surface area (Å²) in [4.78, 5) is 2.47. The molecule has 3 heteroatoms. The summed E-state index contributed by atoms with van der Waals surface area (Å²) in [6.07, 6.45) is 5.37. The molecule has 0 radical (unpaired) electrons. The van der Waals surface area contributed by atoms with Gasteiger partial charge in [0.05, 0.1) is 16.4 Å². The molecule has 0 amide bonds. The molecule has 0 aromatic heterocycles. The summed E-state index contributed by atoms with van der Waals surface area (Å²) in [6.45, 7) is 1.16. The predicted octanol–water partition coefficient (Wildman–Crippen LogP) is 3.30. The molecule has 0 spiro atoms. The Morgan fingerprint density at radius 3 is 2.62 bits per heavy atom. The van der Waals surface area contributed by atoms with Gasteiger partial charge in [0.1, 0.15) is 0 Å². The maximum absolute atomic E-state index is 6.08. The van der Waals surface area contributed by atoms with E-state index in [-0.39, 0.29) is 0 Å². The Hall–Kier alpha value is -0.890. The Morgan fingerprint density at radius 1 is 1.25 bits per heavy atom. The predicted molar refractivity (Wildman–Crippen MR) is 69.0 cm³/mol. The normalized spacial score (nSPS) is 19.8. The first-order valence-electron chi connectivity index (χ1n) is 6.06. The van der Waals surface area contributed by atoms with Crippen LogP contribution >= 0.6 is 11.6 Å². The summed E-state index contributed by atoms with van der Waals surface area (Å²) in [5, 5.41) is 0.680. The first-order chi connectivity index (χ1) is 7.75. The summed E-state index contributed by atoms with van der Waals surface area (Å²) in [7, 11) is 0. The molecule has 86 valence electrons. The minimum atomic E-state index is 0.680. The van der Waals surface area contributed by atoms with E-state index in [2.05, 4.69) is 11.0 Å². The van der Waals surface area contributed by atoms with E-state index < -0.39 is 0 Å². The van der Waals surface area contributed by atoms with Gasteiger partial charge in [0.25, 0.3) is 0 Å². The highest BCUT2D eigenvalue weighted by molar-refractivity contribution is 6.33. The number of benzene rings is 1. The van der Waals surface area contributed by atoms with Crippen LogP contribution in [0, 0.1) is 5.92 Å². The number of anilines is 2. The molecule has 2 aliphatic rings. The van der Waals surface area contributed by atoms with Gasteiger partial charge in [0.2, 0.25) is 0 Å². The molecule has 2 saturated carbocycles. The fraction of sp³-hybridized carbons (Fsp3) is 0.538. The maximum Gasteiger partial charge on any atom is 0.0741 e. The monoisotopic (exact) mass is 236 g/mol. The van der Waals surface area contributed by atoms with Crippen molar-refractivity contribution in [3.63, 3.8) is 0 Å².